The molecule has 2 amide bonds. The highest BCUT2D eigenvalue weighted by atomic mass is 16.2. The summed E-state index contributed by atoms with van der Waals surface area (Å²) in [4.78, 5) is 31.8. The quantitative estimate of drug-likeness (QED) is 0.808. The lowest BCUT2D eigenvalue weighted by molar-refractivity contribution is -0.121. The Morgan fingerprint density at radius 1 is 0.935 bits per heavy atom. The van der Waals surface area contributed by atoms with Crippen molar-refractivity contribution < 1.29 is 9.59 Å². The molecule has 0 spiro atoms. The van der Waals surface area contributed by atoms with Gasteiger partial charge in [-0.15, -0.1) is 0 Å². The van der Waals surface area contributed by atoms with Crippen molar-refractivity contribution in [3.05, 3.63) is 59.2 Å². The van der Waals surface area contributed by atoms with Crippen LogP contribution in [-0.4, -0.2) is 66.9 Å². The third kappa shape index (κ3) is 4.81. The second-order valence-electron chi connectivity index (χ2n) is 8.79. The van der Waals surface area contributed by atoms with Crippen molar-refractivity contribution in [1.29, 1.82) is 0 Å². The first-order valence-corrected chi connectivity index (χ1v) is 11.1. The van der Waals surface area contributed by atoms with Crippen LogP contribution in [0.5, 0.6) is 0 Å². The van der Waals surface area contributed by atoms with Gasteiger partial charge in [0.25, 0.3) is 0 Å². The second-order valence-corrected chi connectivity index (χ2v) is 8.79. The molecule has 2 aromatic carbocycles. The highest BCUT2D eigenvalue weighted by Gasteiger charge is 2.32. The number of fused-ring (bicyclic) bond motifs is 1. The van der Waals surface area contributed by atoms with Gasteiger partial charge in [-0.1, -0.05) is 30.3 Å². The topological polar surface area (TPSA) is 55.9 Å². The van der Waals surface area contributed by atoms with Crippen LogP contribution in [0.2, 0.25) is 0 Å². The van der Waals surface area contributed by atoms with E-state index in [4.69, 9.17) is 0 Å². The lowest BCUT2D eigenvalue weighted by atomic mass is 10.1. The first-order chi connectivity index (χ1) is 14.9. The number of aryl methyl sites for hydroxylation is 1. The fourth-order valence-corrected chi connectivity index (χ4v) is 4.60. The van der Waals surface area contributed by atoms with E-state index in [9.17, 15) is 9.59 Å². The van der Waals surface area contributed by atoms with Crippen LogP contribution in [0.15, 0.2) is 42.5 Å². The van der Waals surface area contributed by atoms with Crippen LogP contribution in [0.25, 0.3) is 0 Å². The molecule has 31 heavy (non-hydrogen) atoms. The van der Waals surface area contributed by atoms with E-state index in [1.54, 1.807) is 0 Å². The number of benzene rings is 2. The Bertz CT molecular complexity index is 966. The van der Waals surface area contributed by atoms with Gasteiger partial charge in [0.05, 0.1) is 13.1 Å². The molecule has 0 unspecified atom stereocenters. The minimum Gasteiger partial charge on any atom is -0.325 e. The normalized spacial score (nSPS) is 19.3. The monoisotopic (exact) mass is 420 g/mol. The molecular formula is C25H32N4O2. The number of rotatable bonds is 5. The first kappa shape index (κ1) is 21.5. The molecule has 1 atom stereocenters. The van der Waals surface area contributed by atoms with E-state index in [0.717, 1.165) is 49.5 Å². The molecule has 1 saturated heterocycles. The average Bonchev–Trinajstić information content (AvgIpc) is 3.08. The molecule has 6 nitrogen and oxygen atoms in total. The minimum absolute atomic E-state index is 0.0146. The maximum atomic E-state index is 13.0. The Kier molecular flexibility index (Phi) is 6.39. The standard InChI is InChI=1S/C25H32N4O2/c1-18-7-6-9-22(20(18)3)26-24(30)16-27-11-13-28(14-12-27)17-25(31)29-19(2)15-21-8-4-5-10-23(21)29/h4-10,19H,11-17H2,1-3H3,(H,26,30)/t19-/m1/s1. The molecule has 1 fully saturated rings. The molecule has 0 aliphatic carbocycles. The van der Waals surface area contributed by atoms with Gasteiger partial charge in [-0.25, -0.2) is 0 Å². The summed E-state index contributed by atoms with van der Waals surface area (Å²) in [5.74, 6) is 0.180. The zero-order chi connectivity index (χ0) is 22.0. The lowest BCUT2D eigenvalue weighted by Crippen LogP contribution is -2.52. The molecular weight excluding hydrogens is 388 g/mol. The Balaban J connectivity index is 1.26. The van der Waals surface area contributed by atoms with Crippen LogP contribution in [0.3, 0.4) is 0 Å². The fraction of sp³-hybridized carbons (Fsp3) is 0.440. The maximum Gasteiger partial charge on any atom is 0.241 e. The van der Waals surface area contributed by atoms with Crippen molar-refractivity contribution >= 4 is 23.2 Å². The van der Waals surface area contributed by atoms with E-state index in [1.807, 2.05) is 55.1 Å². The molecule has 2 aliphatic heterocycles. The highest BCUT2D eigenvalue weighted by Crippen LogP contribution is 2.31. The summed E-state index contributed by atoms with van der Waals surface area (Å²) < 4.78 is 0. The number of carbonyl (C=O) groups excluding carboxylic acids is 2. The van der Waals surface area contributed by atoms with Crippen LogP contribution in [-0.2, 0) is 16.0 Å². The van der Waals surface area contributed by atoms with Crippen LogP contribution >= 0.6 is 0 Å². The number of hydrogen-bond acceptors (Lipinski definition) is 4. The third-order valence-corrected chi connectivity index (χ3v) is 6.55. The number of hydrogen-bond donors (Lipinski definition) is 1. The van der Waals surface area contributed by atoms with Crippen molar-refractivity contribution in [2.24, 2.45) is 0 Å². The maximum absolute atomic E-state index is 13.0. The van der Waals surface area contributed by atoms with Crippen molar-refractivity contribution in [3.63, 3.8) is 0 Å². The molecule has 2 heterocycles. The summed E-state index contributed by atoms with van der Waals surface area (Å²) in [6, 6.07) is 14.4. The molecule has 164 valence electrons. The van der Waals surface area contributed by atoms with Crippen molar-refractivity contribution in [2.75, 3.05) is 49.5 Å². The molecule has 2 aliphatic rings. The Hall–Kier alpha value is -2.70. The highest BCUT2D eigenvalue weighted by molar-refractivity contribution is 5.97. The van der Waals surface area contributed by atoms with Crippen LogP contribution in [0, 0.1) is 13.8 Å². The smallest absolute Gasteiger partial charge is 0.241 e. The van der Waals surface area contributed by atoms with Crippen molar-refractivity contribution in [1.82, 2.24) is 9.80 Å². The van der Waals surface area contributed by atoms with E-state index in [1.165, 1.54) is 11.1 Å². The number of piperazine rings is 1. The predicted octanol–water partition coefficient (Wildman–Crippen LogP) is 2.84. The van der Waals surface area contributed by atoms with Gasteiger partial charge in [-0.05, 0) is 56.0 Å². The van der Waals surface area contributed by atoms with E-state index in [0.29, 0.717) is 13.1 Å². The molecule has 0 aromatic heterocycles. The summed E-state index contributed by atoms with van der Waals surface area (Å²) >= 11 is 0. The van der Waals surface area contributed by atoms with Crippen LogP contribution < -0.4 is 10.2 Å². The second kappa shape index (κ2) is 9.20. The van der Waals surface area contributed by atoms with Gasteiger partial charge in [-0.3, -0.25) is 19.4 Å². The minimum atomic E-state index is 0.0146. The summed E-state index contributed by atoms with van der Waals surface area (Å²) in [5.41, 5.74) is 5.47. The van der Waals surface area contributed by atoms with Gasteiger partial charge in [0.15, 0.2) is 0 Å². The van der Waals surface area contributed by atoms with Crippen LogP contribution in [0.1, 0.15) is 23.6 Å². The summed E-state index contributed by atoms with van der Waals surface area (Å²) in [5, 5.41) is 3.04. The number of nitrogens with one attached hydrogen (secondary N) is 1. The summed E-state index contributed by atoms with van der Waals surface area (Å²) in [6.07, 6.45) is 0.922. The molecule has 0 bridgehead atoms. The van der Waals surface area contributed by atoms with Crippen molar-refractivity contribution in [2.45, 2.75) is 33.2 Å². The number of nitrogens with zero attached hydrogens (tertiary/aromatic N) is 3. The van der Waals surface area contributed by atoms with Gasteiger partial charge in [-0.2, -0.15) is 0 Å². The van der Waals surface area contributed by atoms with Crippen LogP contribution in [0.4, 0.5) is 11.4 Å². The van der Waals surface area contributed by atoms with Gasteiger partial charge in [0.2, 0.25) is 11.8 Å². The van der Waals surface area contributed by atoms with E-state index in [-0.39, 0.29) is 17.9 Å². The average molecular weight is 421 g/mol. The third-order valence-electron chi connectivity index (χ3n) is 6.55. The number of carbonyl (C=O) groups is 2. The Morgan fingerprint density at radius 2 is 1.61 bits per heavy atom. The Labute approximate surface area is 184 Å². The van der Waals surface area contributed by atoms with Gasteiger partial charge < -0.3 is 10.2 Å². The zero-order valence-electron chi connectivity index (χ0n) is 18.7. The van der Waals surface area contributed by atoms with Gasteiger partial charge >= 0.3 is 0 Å². The van der Waals surface area contributed by atoms with E-state index >= 15 is 0 Å². The van der Waals surface area contributed by atoms with E-state index in [2.05, 4.69) is 28.1 Å². The summed E-state index contributed by atoms with van der Waals surface area (Å²) in [6.45, 7) is 10.2. The molecule has 2 aromatic rings. The molecule has 1 N–H and O–H groups in total. The SMILES string of the molecule is Cc1cccc(NC(=O)CN2CCN(CC(=O)N3c4ccccc4C[C@H]3C)CC2)c1C. The largest absolute Gasteiger partial charge is 0.325 e. The molecule has 0 saturated carbocycles. The van der Waals surface area contributed by atoms with Gasteiger partial charge in [0.1, 0.15) is 0 Å². The molecule has 6 heteroatoms. The fourth-order valence-electron chi connectivity index (χ4n) is 4.60. The van der Waals surface area contributed by atoms with Crippen molar-refractivity contribution in [3.8, 4) is 0 Å². The van der Waals surface area contributed by atoms with E-state index < -0.39 is 0 Å². The first-order valence-electron chi connectivity index (χ1n) is 11.1. The number of anilines is 2. The Morgan fingerprint density at radius 3 is 2.35 bits per heavy atom. The number of amides is 2. The molecule has 4 rings (SSSR count). The number of para-hydroxylation sites is 1. The van der Waals surface area contributed by atoms with Gasteiger partial charge in [0, 0.05) is 43.6 Å². The summed E-state index contributed by atoms with van der Waals surface area (Å²) in [7, 11) is 0. The predicted molar refractivity (Wildman–Crippen MR) is 125 cm³/mol. The zero-order valence-corrected chi connectivity index (χ0v) is 18.7. The lowest BCUT2D eigenvalue weighted by Gasteiger charge is -2.35. The molecule has 0 radical (unpaired) electrons.